The third-order valence-electron chi connectivity index (χ3n) is 19.6. The summed E-state index contributed by atoms with van der Waals surface area (Å²) < 4.78 is 68.6. The molecule has 4 unspecified atom stereocenters. The fraction of sp³-hybridized carbons (Fsp3) is 0.951. The highest BCUT2D eigenvalue weighted by Crippen LogP contribution is 2.45. The molecule has 0 rings (SSSR count). The van der Waals surface area contributed by atoms with Crippen LogP contribution >= 0.6 is 15.6 Å². The number of carbonyl (C=O) groups excluding carboxylic acids is 4. The molecular weight excluding hydrogens is 1310 g/mol. The van der Waals surface area contributed by atoms with E-state index < -0.39 is 97.5 Å². The van der Waals surface area contributed by atoms with Crippen molar-refractivity contribution in [1.29, 1.82) is 0 Å². The van der Waals surface area contributed by atoms with Crippen molar-refractivity contribution >= 4 is 39.5 Å². The van der Waals surface area contributed by atoms with Crippen molar-refractivity contribution in [3.63, 3.8) is 0 Å². The molecule has 0 aliphatic heterocycles. The predicted molar refractivity (Wildman–Crippen MR) is 409 cm³/mol. The van der Waals surface area contributed by atoms with E-state index in [1.165, 1.54) is 225 Å². The van der Waals surface area contributed by atoms with Crippen LogP contribution in [0.15, 0.2) is 0 Å². The number of aliphatic hydroxyl groups is 1. The summed E-state index contributed by atoms with van der Waals surface area (Å²) in [5, 5.41) is 10.6. The highest BCUT2D eigenvalue weighted by atomic mass is 31.2. The maximum Gasteiger partial charge on any atom is 0.472 e. The third kappa shape index (κ3) is 71.7. The first-order chi connectivity index (χ1) is 48.3. The standard InChI is InChI=1S/C81H158O17P2/c1-8-11-12-13-14-15-16-17-18-19-20-21-22-23-24-29-32-35-41-50-57-64-80(85)97-76(68-91-78(83)62-55-48-40-34-31-28-26-25-27-30-33-38-46-53-60-73(6)9-2)70-95-99(87,88)93-66-75(82)67-94-100(89,90)96-71-77(69-92-79(84)63-56-49-44-43-45-52-59-72(4)5)98-81(86)65-58-51-42-37-36-39-47-54-61-74(7)10-3/h72-77,82H,8-71H2,1-7H3,(H,87,88)(H,89,90)/t73?,74?,75-,76-,77-/m1/s1. The molecule has 0 aliphatic carbocycles. The topological polar surface area (TPSA) is 237 Å². The van der Waals surface area contributed by atoms with Crippen molar-refractivity contribution in [3.8, 4) is 0 Å². The molecule has 17 nitrogen and oxygen atoms in total. The fourth-order valence-electron chi connectivity index (χ4n) is 12.4. The SMILES string of the molecule is CCCCCCCCCCCCCCCCCCCCCCCC(=O)O[C@H](COC(=O)CCCCCCCCCCCCCCCCC(C)CC)COP(=O)(O)OC[C@@H](O)COP(=O)(O)OC[C@@H](COC(=O)CCCCCCCCC(C)C)OC(=O)CCCCCCCCCCC(C)CC. The Morgan fingerprint density at radius 3 is 0.760 bits per heavy atom. The van der Waals surface area contributed by atoms with E-state index in [-0.39, 0.29) is 25.7 Å². The van der Waals surface area contributed by atoms with Crippen molar-refractivity contribution < 1.29 is 80.2 Å². The lowest BCUT2D eigenvalue weighted by Gasteiger charge is -2.21. The summed E-state index contributed by atoms with van der Waals surface area (Å²) in [7, 11) is -9.92. The Morgan fingerprint density at radius 2 is 0.510 bits per heavy atom. The lowest BCUT2D eigenvalue weighted by molar-refractivity contribution is -0.161. The van der Waals surface area contributed by atoms with E-state index in [0.29, 0.717) is 31.6 Å². The molecule has 3 N–H and O–H groups in total. The number of unbranched alkanes of at least 4 members (excludes halogenated alkanes) is 45. The van der Waals surface area contributed by atoms with E-state index in [9.17, 15) is 43.2 Å². The van der Waals surface area contributed by atoms with Crippen molar-refractivity contribution in [2.75, 3.05) is 39.6 Å². The maximum atomic E-state index is 13.1. The summed E-state index contributed by atoms with van der Waals surface area (Å²) in [5.41, 5.74) is 0. The molecule has 0 spiro atoms. The Labute approximate surface area is 613 Å². The molecule has 7 atom stereocenters. The summed E-state index contributed by atoms with van der Waals surface area (Å²) >= 11 is 0. The van der Waals surface area contributed by atoms with E-state index in [2.05, 4.69) is 48.5 Å². The monoisotopic (exact) mass is 1470 g/mol. The minimum atomic E-state index is -4.96. The third-order valence-corrected chi connectivity index (χ3v) is 21.5. The van der Waals surface area contributed by atoms with Gasteiger partial charge in [-0.1, -0.05) is 370 Å². The number of phosphoric ester groups is 2. The van der Waals surface area contributed by atoms with Crippen molar-refractivity contribution in [3.05, 3.63) is 0 Å². The molecule has 0 amide bonds. The molecule has 0 aromatic rings. The van der Waals surface area contributed by atoms with Crippen LogP contribution in [0.25, 0.3) is 0 Å². The molecule has 0 aromatic carbocycles. The largest absolute Gasteiger partial charge is 0.472 e. The fourth-order valence-corrected chi connectivity index (χ4v) is 14.0. The van der Waals surface area contributed by atoms with Crippen LogP contribution < -0.4 is 0 Å². The highest BCUT2D eigenvalue weighted by molar-refractivity contribution is 7.47. The van der Waals surface area contributed by atoms with Gasteiger partial charge in [0.1, 0.15) is 19.3 Å². The number of rotatable bonds is 79. The quantitative estimate of drug-likeness (QED) is 0.0222. The average molecular weight is 1470 g/mol. The van der Waals surface area contributed by atoms with Crippen LogP contribution in [-0.4, -0.2) is 96.7 Å². The van der Waals surface area contributed by atoms with Crippen molar-refractivity contribution in [2.45, 2.75) is 439 Å². The lowest BCUT2D eigenvalue weighted by atomic mass is 9.99. The second-order valence-corrected chi connectivity index (χ2v) is 33.0. The van der Waals surface area contributed by atoms with E-state index in [1.807, 2.05) is 0 Å². The molecule has 0 aliphatic rings. The summed E-state index contributed by atoms with van der Waals surface area (Å²) in [5.74, 6) is 0.183. The van der Waals surface area contributed by atoms with Gasteiger partial charge in [-0.2, -0.15) is 0 Å². The molecule has 0 aromatic heterocycles. The summed E-state index contributed by atoms with van der Waals surface area (Å²) in [6.45, 7) is 11.9. The Kier molecular flexibility index (Phi) is 69.9. The lowest BCUT2D eigenvalue weighted by Crippen LogP contribution is -2.30. The number of esters is 4. The van der Waals surface area contributed by atoms with Gasteiger partial charge in [0.2, 0.25) is 0 Å². The molecule has 0 heterocycles. The van der Waals surface area contributed by atoms with Gasteiger partial charge < -0.3 is 33.8 Å². The highest BCUT2D eigenvalue weighted by Gasteiger charge is 2.30. The first-order valence-electron chi connectivity index (χ1n) is 41.9. The molecule has 19 heteroatoms. The first kappa shape index (κ1) is 98.1. The number of hydrogen-bond donors (Lipinski definition) is 3. The Morgan fingerprint density at radius 1 is 0.290 bits per heavy atom. The maximum absolute atomic E-state index is 13.1. The van der Waals surface area contributed by atoms with E-state index >= 15 is 0 Å². The normalized spacial score (nSPS) is 14.5. The van der Waals surface area contributed by atoms with Crippen molar-refractivity contribution in [1.82, 2.24) is 0 Å². The van der Waals surface area contributed by atoms with Gasteiger partial charge in [-0.15, -0.1) is 0 Å². The van der Waals surface area contributed by atoms with E-state index in [4.69, 9.17) is 37.0 Å². The Bertz CT molecular complexity index is 1940. The van der Waals surface area contributed by atoms with Gasteiger partial charge in [-0.25, -0.2) is 9.13 Å². The number of carbonyl (C=O) groups is 4. The van der Waals surface area contributed by atoms with Crippen LogP contribution in [0.4, 0.5) is 0 Å². The van der Waals surface area contributed by atoms with Crippen LogP contribution in [0.1, 0.15) is 421 Å². The van der Waals surface area contributed by atoms with Gasteiger partial charge in [0.25, 0.3) is 0 Å². The Hall–Kier alpha value is -1.94. The van der Waals surface area contributed by atoms with E-state index in [1.54, 1.807) is 0 Å². The summed E-state index contributed by atoms with van der Waals surface area (Å²) in [6, 6.07) is 0. The van der Waals surface area contributed by atoms with Gasteiger partial charge in [-0.3, -0.25) is 37.3 Å². The average Bonchev–Trinajstić information content (AvgIpc) is 0.935. The van der Waals surface area contributed by atoms with Gasteiger partial charge in [-0.05, 0) is 43.4 Å². The summed E-state index contributed by atoms with van der Waals surface area (Å²) in [6.07, 6.45) is 59.9. The minimum Gasteiger partial charge on any atom is -0.462 e. The zero-order valence-corrected chi connectivity index (χ0v) is 67.5. The van der Waals surface area contributed by atoms with Gasteiger partial charge in [0.15, 0.2) is 12.2 Å². The number of phosphoric acid groups is 2. The van der Waals surface area contributed by atoms with Gasteiger partial charge in [0.05, 0.1) is 26.4 Å². The minimum absolute atomic E-state index is 0.104. The molecule has 0 bridgehead atoms. The molecular formula is C81H158O17P2. The molecule has 0 radical (unpaired) electrons. The Balaban J connectivity index is 5.21. The van der Waals surface area contributed by atoms with Crippen molar-refractivity contribution in [2.24, 2.45) is 17.8 Å². The molecule has 0 saturated heterocycles. The molecule has 0 saturated carbocycles. The summed E-state index contributed by atoms with van der Waals surface area (Å²) in [4.78, 5) is 72.9. The number of ether oxygens (including phenoxy) is 4. The number of hydrogen-bond acceptors (Lipinski definition) is 15. The first-order valence-corrected chi connectivity index (χ1v) is 44.9. The zero-order chi connectivity index (χ0) is 73.7. The number of aliphatic hydroxyl groups excluding tert-OH is 1. The molecule has 594 valence electrons. The van der Waals surface area contributed by atoms with Crippen LogP contribution in [0.5, 0.6) is 0 Å². The molecule has 0 fully saturated rings. The van der Waals surface area contributed by atoms with Crippen LogP contribution in [-0.2, 0) is 65.4 Å². The van der Waals surface area contributed by atoms with Crippen LogP contribution in [0.3, 0.4) is 0 Å². The smallest absolute Gasteiger partial charge is 0.462 e. The van der Waals surface area contributed by atoms with E-state index in [0.717, 1.165) is 108 Å². The van der Waals surface area contributed by atoms with Crippen LogP contribution in [0, 0.1) is 17.8 Å². The second-order valence-electron chi connectivity index (χ2n) is 30.1. The zero-order valence-electron chi connectivity index (χ0n) is 65.7. The van der Waals surface area contributed by atoms with Gasteiger partial charge in [0, 0.05) is 25.7 Å². The van der Waals surface area contributed by atoms with Gasteiger partial charge >= 0.3 is 39.5 Å². The predicted octanol–water partition coefficient (Wildman–Crippen LogP) is 24.1. The second kappa shape index (κ2) is 71.3. The molecule has 100 heavy (non-hydrogen) atoms. The van der Waals surface area contributed by atoms with Crippen LogP contribution in [0.2, 0.25) is 0 Å².